The normalized spacial score (nSPS) is 29.8. The predicted octanol–water partition coefficient (Wildman–Crippen LogP) is 3.01. The van der Waals surface area contributed by atoms with Gasteiger partial charge in [-0.1, -0.05) is 0 Å². The number of ether oxygens (including phenoxy) is 2. The van der Waals surface area contributed by atoms with Gasteiger partial charge in [0.1, 0.15) is 53.3 Å². The van der Waals surface area contributed by atoms with E-state index in [-0.39, 0.29) is 0 Å². The van der Waals surface area contributed by atoms with Crippen molar-refractivity contribution < 1.29 is 19.7 Å². The Hall–Kier alpha value is -2.99. The van der Waals surface area contributed by atoms with Crippen LogP contribution < -0.4 is 16.2 Å². The summed E-state index contributed by atoms with van der Waals surface area (Å²) in [6.45, 7) is 0. The van der Waals surface area contributed by atoms with E-state index < -0.39 is 30.1 Å². The van der Waals surface area contributed by atoms with E-state index in [9.17, 15) is 10.2 Å². The first kappa shape index (κ1) is 22.2. The molecule has 0 radical (unpaired) electrons. The standard InChI is InChI=1S/C25H25BrN6O4/c26-15-7-12-3-4-13(8-16(12)31-21(15)27)35-17-5-6-25(34)19(33)24(36-20(17)25)32-9-14(11-1-2-11)18-22(28)29-10-30-23(18)32/h3-4,7-11,17,19-20,24,33-34H,1-2,5-6H2,(H2,27,31)(H2,28,29,30)/t17-,19?,20+,24+,25-/m0/s1. The van der Waals surface area contributed by atoms with Crippen LogP contribution in [0.2, 0.25) is 0 Å². The van der Waals surface area contributed by atoms with Crippen LogP contribution >= 0.6 is 15.9 Å². The highest BCUT2D eigenvalue weighted by Crippen LogP contribution is 2.50. The van der Waals surface area contributed by atoms with Crippen LogP contribution in [-0.2, 0) is 4.74 Å². The Labute approximate surface area is 214 Å². The monoisotopic (exact) mass is 552 g/mol. The summed E-state index contributed by atoms with van der Waals surface area (Å²) in [7, 11) is 0. The topological polar surface area (TPSA) is 155 Å². The van der Waals surface area contributed by atoms with Gasteiger partial charge in [0.05, 0.1) is 15.4 Å². The lowest BCUT2D eigenvalue weighted by Crippen LogP contribution is -2.47. The first-order valence-corrected chi connectivity index (χ1v) is 12.8. The van der Waals surface area contributed by atoms with Crippen LogP contribution in [0.15, 0.2) is 41.3 Å². The summed E-state index contributed by atoms with van der Waals surface area (Å²) in [5, 5.41) is 24.5. The number of halogens is 1. The molecule has 5 atom stereocenters. The SMILES string of the molecule is Nc1nc2cc(O[C@H]3CC[C@]4(O)C(O)[C@H](n5cc(C6CC6)c6c(N)ncnc65)O[C@H]34)ccc2cc1Br. The van der Waals surface area contributed by atoms with Crippen LogP contribution in [0.4, 0.5) is 11.6 Å². The van der Waals surface area contributed by atoms with E-state index in [2.05, 4.69) is 30.9 Å². The molecular formula is C25H25BrN6O4. The highest BCUT2D eigenvalue weighted by molar-refractivity contribution is 9.10. The minimum absolute atomic E-state index is 0.345. The second kappa shape index (κ2) is 7.75. The molecule has 0 amide bonds. The lowest BCUT2D eigenvalue weighted by Gasteiger charge is -2.26. The maximum absolute atomic E-state index is 11.5. The quantitative estimate of drug-likeness (QED) is 0.299. The van der Waals surface area contributed by atoms with Crippen LogP contribution in [0.5, 0.6) is 5.75 Å². The second-order valence-corrected chi connectivity index (χ2v) is 10.9. The summed E-state index contributed by atoms with van der Waals surface area (Å²) in [5.74, 6) is 1.80. The van der Waals surface area contributed by atoms with Crippen molar-refractivity contribution in [1.82, 2.24) is 19.5 Å². The molecular weight excluding hydrogens is 528 g/mol. The van der Waals surface area contributed by atoms with Crippen molar-refractivity contribution in [1.29, 1.82) is 0 Å². The van der Waals surface area contributed by atoms with E-state index in [0.29, 0.717) is 47.3 Å². The predicted molar refractivity (Wildman–Crippen MR) is 136 cm³/mol. The van der Waals surface area contributed by atoms with Gasteiger partial charge in [-0.2, -0.15) is 0 Å². The number of aliphatic hydroxyl groups is 2. The maximum atomic E-state index is 11.5. The smallest absolute Gasteiger partial charge is 0.164 e. The first-order chi connectivity index (χ1) is 17.3. The number of hydrogen-bond acceptors (Lipinski definition) is 9. The summed E-state index contributed by atoms with van der Waals surface area (Å²) in [6.07, 6.45) is 3.22. The average Bonchev–Trinajstić information content (AvgIpc) is 3.49. The molecule has 10 nitrogen and oxygen atoms in total. The van der Waals surface area contributed by atoms with Crippen LogP contribution in [0.25, 0.3) is 21.9 Å². The minimum Gasteiger partial charge on any atom is -0.488 e. The van der Waals surface area contributed by atoms with E-state index in [1.54, 1.807) is 4.57 Å². The van der Waals surface area contributed by atoms with E-state index >= 15 is 0 Å². The summed E-state index contributed by atoms with van der Waals surface area (Å²) >= 11 is 3.40. The molecule has 36 heavy (non-hydrogen) atoms. The molecule has 1 saturated heterocycles. The third kappa shape index (κ3) is 3.23. The molecule has 1 aromatic carbocycles. The number of nitrogen functional groups attached to an aromatic ring is 2. The zero-order valence-corrected chi connectivity index (χ0v) is 20.8. The number of nitrogens with zero attached hydrogens (tertiary/aromatic N) is 4. The highest BCUT2D eigenvalue weighted by Gasteiger charge is 2.63. The fraction of sp³-hybridized carbons (Fsp3) is 0.400. The molecule has 0 bridgehead atoms. The molecule has 0 spiro atoms. The Morgan fingerprint density at radius 1 is 1.14 bits per heavy atom. The number of rotatable bonds is 4. The number of aromatic nitrogens is 4. The molecule has 186 valence electrons. The summed E-state index contributed by atoms with van der Waals surface area (Å²) < 4.78 is 15.2. The van der Waals surface area contributed by atoms with Crippen molar-refractivity contribution in [3.8, 4) is 5.75 Å². The van der Waals surface area contributed by atoms with Gasteiger partial charge < -0.3 is 35.7 Å². The van der Waals surface area contributed by atoms with Gasteiger partial charge in [0, 0.05) is 17.6 Å². The molecule has 2 saturated carbocycles. The zero-order valence-electron chi connectivity index (χ0n) is 19.2. The Morgan fingerprint density at radius 3 is 2.78 bits per heavy atom. The van der Waals surface area contributed by atoms with Gasteiger partial charge in [0.25, 0.3) is 0 Å². The first-order valence-electron chi connectivity index (χ1n) is 12.0. The van der Waals surface area contributed by atoms with E-state index in [1.165, 1.54) is 6.33 Å². The summed E-state index contributed by atoms with van der Waals surface area (Å²) in [4.78, 5) is 13.0. The van der Waals surface area contributed by atoms with Crippen molar-refractivity contribution in [3.63, 3.8) is 0 Å². The fourth-order valence-electron chi connectivity index (χ4n) is 5.74. The maximum Gasteiger partial charge on any atom is 0.164 e. The average molecular weight is 553 g/mol. The summed E-state index contributed by atoms with van der Waals surface area (Å²) in [6, 6.07) is 7.49. The molecule has 1 aliphatic heterocycles. The molecule has 3 fully saturated rings. The van der Waals surface area contributed by atoms with Gasteiger partial charge in [0.15, 0.2) is 6.23 Å². The number of hydrogen-bond donors (Lipinski definition) is 4. The third-order valence-electron chi connectivity index (χ3n) is 7.74. The number of benzene rings is 1. The molecule has 3 aliphatic rings. The largest absolute Gasteiger partial charge is 0.488 e. The number of fused-ring (bicyclic) bond motifs is 3. The summed E-state index contributed by atoms with van der Waals surface area (Å²) in [5.41, 5.74) is 13.1. The molecule has 11 heteroatoms. The van der Waals surface area contributed by atoms with E-state index in [0.717, 1.165) is 33.7 Å². The van der Waals surface area contributed by atoms with Crippen molar-refractivity contribution in [2.24, 2.45) is 0 Å². The minimum atomic E-state index is -1.45. The molecule has 4 heterocycles. The lowest BCUT2D eigenvalue weighted by atomic mass is 9.94. The highest BCUT2D eigenvalue weighted by atomic mass is 79.9. The Morgan fingerprint density at radius 2 is 1.97 bits per heavy atom. The molecule has 7 rings (SSSR count). The van der Waals surface area contributed by atoms with Crippen molar-refractivity contribution in [3.05, 3.63) is 46.8 Å². The Kier molecular flexibility index (Phi) is 4.79. The number of aliphatic hydroxyl groups excluding tert-OH is 1. The molecule has 3 aromatic heterocycles. The van der Waals surface area contributed by atoms with Crippen LogP contribution in [0, 0.1) is 0 Å². The third-order valence-corrected chi connectivity index (χ3v) is 8.38. The van der Waals surface area contributed by atoms with Gasteiger partial charge in [-0.15, -0.1) is 0 Å². The van der Waals surface area contributed by atoms with Gasteiger partial charge in [-0.05, 0) is 71.3 Å². The van der Waals surface area contributed by atoms with E-state index in [4.69, 9.17) is 20.9 Å². The Bertz CT molecular complexity index is 1520. The van der Waals surface area contributed by atoms with Crippen molar-refractivity contribution in [2.75, 3.05) is 11.5 Å². The van der Waals surface area contributed by atoms with Crippen molar-refractivity contribution >= 4 is 49.5 Å². The van der Waals surface area contributed by atoms with Crippen LogP contribution in [0.3, 0.4) is 0 Å². The fourth-order valence-corrected chi connectivity index (χ4v) is 6.08. The lowest BCUT2D eigenvalue weighted by molar-refractivity contribution is -0.0791. The van der Waals surface area contributed by atoms with Gasteiger partial charge in [-0.3, -0.25) is 0 Å². The van der Waals surface area contributed by atoms with Crippen molar-refractivity contribution in [2.45, 2.75) is 61.7 Å². The number of pyridine rings is 1. The van der Waals surface area contributed by atoms with Crippen LogP contribution in [0.1, 0.15) is 43.4 Å². The number of nitrogens with two attached hydrogens (primary N) is 2. The molecule has 6 N–H and O–H groups in total. The van der Waals surface area contributed by atoms with Gasteiger partial charge >= 0.3 is 0 Å². The van der Waals surface area contributed by atoms with Gasteiger partial charge in [0.2, 0.25) is 0 Å². The molecule has 1 unspecified atom stereocenters. The molecule has 2 aliphatic carbocycles. The zero-order chi connectivity index (χ0) is 24.8. The molecule has 4 aromatic rings. The second-order valence-electron chi connectivity index (χ2n) is 10.0. The number of anilines is 2. The van der Waals surface area contributed by atoms with Crippen LogP contribution in [-0.4, -0.2) is 53.6 Å². The van der Waals surface area contributed by atoms with Gasteiger partial charge in [-0.25, -0.2) is 15.0 Å². The van der Waals surface area contributed by atoms with E-state index in [1.807, 2.05) is 30.5 Å². The Balaban J connectivity index is 1.20.